The van der Waals surface area contributed by atoms with Crippen molar-refractivity contribution in [2.24, 2.45) is 0 Å². The zero-order valence-corrected chi connectivity index (χ0v) is 21.8. The molecule has 0 unspecified atom stereocenters. The van der Waals surface area contributed by atoms with Gasteiger partial charge in [-0.15, -0.1) is 11.3 Å². The fourth-order valence-corrected chi connectivity index (χ4v) is 5.07. The summed E-state index contributed by atoms with van der Waals surface area (Å²) in [5.74, 6) is 1.12. The third-order valence-corrected chi connectivity index (χ3v) is 7.23. The molecule has 178 valence electrons. The summed E-state index contributed by atoms with van der Waals surface area (Å²) in [4.78, 5) is 31.4. The molecule has 0 atom stereocenters. The number of fused-ring (bicyclic) bond motifs is 1. The van der Waals surface area contributed by atoms with Crippen molar-refractivity contribution in [3.05, 3.63) is 80.0 Å². The van der Waals surface area contributed by atoms with E-state index in [1.165, 1.54) is 0 Å². The van der Waals surface area contributed by atoms with Gasteiger partial charge in [-0.25, -0.2) is 0 Å². The summed E-state index contributed by atoms with van der Waals surface area (Å²) in [6, 6.07) is 14.9. The molecule has 2 amide bonds. The van der Waals surface area contributed by atoms with Crippen molar-refractivity contribution in [1.82, 2.24) is 9.80 Å². The number of carbonyl (C=O) groups excluding carboxylic acids is 2. The number of ether oxygens (including phenoxy) is 2. The van der Waals surface area contributed by atoms with E-state index in [0.717, 1.165) is 20.5 Å². The molecule has 0 fully saturated rings. The van der Waals surface area contributed by atoms with Gasteiger partial charge in [0.2, 0.25) is 12.7 Å². The fourth-order valence-electron chi connectivity index (χ4n) is 3.75. The molecule has 1 aliphatic rings. The van der Waals surface area contributed by atoms with Gasteiger partial charge < -0.3 is 19.3 Å². The number of halogens is 1. The molecule has 0 spiro atoms. The lowest BCUT2D eigenvalue weighted by Crippen LogP contribution is -2.45. The SMILES string of the molecule is Cc1ccsc1CN(Cc1ccc2c(c1)OCO2)C(=O)CN(C(=O)c1cccc(Br)c1)C(C)C. The number of rotatable bonds is 8. The highest BCUT2D eigenvalue weighted by molar-refractivity contribution is 9.10. The molecule has 2 heterocycles. The zero-order valence-electron chi connectivity index (χ0n) is 19.4. The van der Waals surface area contributed by atoms with Crippen molar-refractivity contribution in [3.63, 3.8) is 0 Å². The number of hydrogen-bond donors (Lipinski definition) is 0. The Labute approximate surface area is 212 Å². The lowest BCUT2D eigenvalue weighted by Gasteiger charge is -2.30. The number of amides is 2. The van der Waals surface area contributed by atoms with Crippen LogP contribution in [0.3, 0.4) is 0 Å². The second-order valence-corrected chi connectivity index (χ2v) is 10.4. The van der Waals surface area contributed by atoms with E-state index in [0.29, 0.717) is 30.2 Å². The predicted octanol–water partition coefficient (Wildman–Crippen LogP) is 5.63. The van der Waals surface area contributed by atoms with E-state index in [1.54, 1.807) is 33.3 Å². The van der Waals surface area contributed by atoms with Gasteiger partial charge in [-0.3, -0.25) is 9.59 Å². The van der Waals surface area contributed by atoms with Gasteiger partial charge in [0.15, 0.2) is 11.5 Å². The van der Waals surface area contributed by atoms with E-state index in [-0.39, 0.29) is 31.2 Å². The summed E-state index contributed by atoms with van der Waals surface area (Å²) in [6.07, 6.45) is 0. The van der Waals surface area contributed by atoms with Crippen LogP contribution in [0.15, 0.2) is 58.4 Å². The lowest BCUT2D eigenvalue weighted by atomic mass is 10.1. The van der Waals surface area contributed by atoms with Gasteiger partial charge in [-0.1, -0.05) is 28.1 Å². The van der Waals surface area contributed by atoms with Crippen LogP contribution < -0.4 is 9.47 Å². The van der Waals surface area contributed by atoms with Crippen molar-refractivity contribution >= 4 is 39.1 Å². The average molecular weight is 543 g/mol. The Kier molecular flexibility index (Phi) is 7.58. The average Bonchev–Trinajstić information content (AvgIpc) is 3.44. The van der Waals surface area contributed by atoms with Gasteiger partial charge in [0.1, 0.15) is 6.54 Å². The molecular formula is C26H27BrN2O4S. The highest BCUT2D eigenvalue weighted by Crippen LogP contribution is 2.33. The van der Waals surface area contributed by atoms with Crippen molar-refractivity contribution in [2.45, 2.75) is 39.9 Å². The van der Waals surface area contributed by atoms with Gasteiger partial charge in [0, 0.05) is 27.5 Å². The number of hydrogen-bond acceptors (Lipinski definition) is 5. The Morgan fingerprint density at radius 3 is 2.56 bits per heavy atom. The van der Waals surface area contributed by atoms with Crippen LogP contribution in [0, 0.1) is 6.92 Å². The van der Waals surface area contributed by atoms with Crippen LogP contribution in [-0.2, 0) is 17.9 Å². The summed E-state index contributed by atoms with van der Waals surface area (Å²) in [5, 5.41) is 2.03. The van der Waals surface area contributed by atoms with Gasteiger partial charge in [0.25, 0.3) is 5.91 Å². The summed E-state index contributed by atoms with van der Waals surface area (Å²) in [7, 11) is 0. The first kappa shape index (κ1) is 24.3. The summed E-state index contributed by atoms with van der Waals surface area (Å²) in [6.45, 7) is 6.99. The predicted molar refractivity (Wildman–Crippen MR) is 136 cm³/mol. The molecule has 0 N–H and O–H groups in total. The first-order valence-electron chi connectivity index (χ1n) is 11.1. The topological polar surface area (TPSA) is 59.1 Å². The maximum absolute atomic E-state index is 13.6. The minimum atomic E-state index is -0.167. The quantitative estimate of drug-likeness (QED) is 0.370. The molecule has 2 aromatic carbocycles. The van der Waals surface area contributed by atoms with E-state index in [2.05, 4.69) is 22.0 Å². The molecule has 1 aliphatic heterocycles. The lowest BCUT2D eigenvalue weighted by molar-refractivity contribution is -0.133. The number of benzene rings is 2. The second-order valence-electron chi connectivity index (χ2n) is 8.50. The monoisotopic (exact) mass is 542 g/mol. The maximum atomic E-state index is 13.6. The van der Waals surface area contributed by atoms with E-state index >= 15 is 0 Å². The van der Waals surface area contributed by atoms with Crippen LogP contribution in [0.25, 0.3) is 0 Å². The molecule has 0 saturated heterocycles. The first-order chi connectivity index (χ1) is 16.3. The van der Waals surface area contributed by atoms with Crippen LogP contribution in [-0.4, -0.2) is 41.0 Å². The highest BCUT2D eigenvalue weighted by Gasteiger charge is 2.26. The van der Waals surface area contributed by atoms with Gasteiger partial charge in [0.05, 0.1) is 6.54 Å². The van der Waals surface area contributed by atoms with Gasteiger partial charge in [-0.05, 0) is 73.7 Å². The van der Waals surface area contributed by atoms with Crippen LogP contribution >= 0.6 is 27.3 Å². The van der Waals surface area contributed by atoms with Crippen LogP contribution in [0.4, 0.5) is 0 Å². The molecule has 4 rings (SSSR count). The van der Waals surface area contributed by atoms with E-state index in [9.17, 15) is 9.59 Å². The zero-order chi connectivity index (χ0) is 24.2. The Morgan fingerprint density at radius 2 is 1.85 bits per heavy atom. The normalized spacial score (nSPS) is 12.1. The van der Waals surface area contributed by atoms with Crippen LogP contribution in [0.1, 0.15) is 40.2 Å². The molecule has 0 saturated carbocycles. The van der Waals surface area contributed by atoms with Crippen molar-refractivity contribution in [2.75, 3.05) is 13.3 Å². The minimum absolute atomic E-state index is 0.00200. The third-order valence-electron chi connectivity index (χ3n) is 5.73. The summed E-state index contributed by atoms with van der Waals surface area (Å²) < 4.78 is 11.8. The standard InChI is InChI=1S/C26H27BrN2O4S/c1-17(2)29(26(31)20-5-4-6-21(27)12-20)15-25(30)28(14-24-18(3)9-10-34-24)13-19-7-8-22-23(11-19)33-16-32-22/h4-12,17H,13-16H2,1-3H3. The smallest absolute Gasteiger partial charge is 0.254 e. The Hall–Kier alpha value is -2.84. The number of aryl methyl sites for hydroxylation is 1. The van der Waals surface area contributed by atoms with E-state index < -0.39 is 0 Å². The minimum Gasteiger partial charge on any atom is -0.454 e. The second kappa shape index (κ2) is 10.6. The van der Waals surface area contributed by atoms with Crippen molar-refractivity contribution in [3.8, 4) is 11.5 Å². The van der Waals surface area contributed by atoms with Gasteiger partial charge in [-0.2, -0.15) is 0 Å². The molecule has 3 aromatic rings. The van der Waals surface area contributed by atoms with E-state index in [4.69, 9.17) is 9.47 Å². The Morgan fingerprint density at radius 1 is 1.06 bits per heavy atom. The molecule has 6 nitrogen and oxygen atoms in total. The Bertz CT molecular complexity index is 1190. The van der Waals surface area contributed by atoms with Gasteiger partial charge >= 0.3 is 0 Å². The maximum Gasteiger partial charge on any atom is 0.254 e. The molecule has 34 heavy (non-hydrogen) atoms. The summed E-state index contributed by atoms with van der Waals surface area (Å²) in [5.41, 5.74) is 2.65. The third kappa shape index (κ3) is 5.62. The summed E-state index contributed by atoms with van der Waals surface area (Å²) >= 11 is 5.06. The van der Waals surface area contributed by atoms with Crippen LogP contribution in [0.5, 0.6) is 11.5 Å². The highest BCUT2D eigenvalue weighted by atomic mass is 79.9. The number of carbonyl (C=O) groups is 2. The fraction of sp³-hybridized carbons (Fsp3) is 0.308. The molecular weight excluding hydrogens is 516 g/mol. The molecule has 1 aromatic heterocycles. The largest absolute Gasteiger partial charge is 0.454 e. The Balaban J connectivity index is 1.57. The number of nitrogens with zero attached hydrogens (tertiary/aromatic N) is 2. The number of thiophene rings is 1. The van der Waals surface area contributed by atoms with Crippen molar-refractivity contribution < 1.29 is 19.1 Å². The van der Waals surface area contributed by atoms with Crippen LogP contribution in [0.2, 0.25) is 0 Å². The van der Waals surface area contributed by atoms with Crippen molar-refractivity contribution in [1.29, 1.82) is 0 Å². The molecule has 0 aliphatic carbocycles. The first-order valence-corrected chi connectivity index (χ1v) is 12.7. The molecule has 0 radical (unpaired) electrons. The van der Waals surface area contributed by atoms with E-state index in [1.807, 2.05) is 56.5 Å². The molecule has 0 bridgehead atoms. The molecule has 8 heteroatoms.